The van der Waals surface area contributed by atoms with Crippen molar-refractivity contribution in [1.29, 1.82) is 0 Å². The van der Waals surface area contributed by atoms with E-state index in [2.05, 4.69) is 36.3 Å². The number of rotatable bonds is 6. The van der Waals surface area contributed by atoms with E-state index in [-0.39, 0.29) is 0 Å². The first-order valence-corrected chi connectivity index (χ1v) is 7.18. The minimum Gasteiger partial charge on any atom is -0.456 e. The maximum absolute atomic E-state index is 5.88. The van der Waals surface area contributed by atoms with Crippen molar-refractivity contribution < 1.29 is 4.74 Å². The summed E-state index contributed by atoms with van der Waals surface area (Å²) in [5.74, 6) is 1.42. The largest absolute Gasteiger partial charge is 0.456 e. The van der Waals surface area contributed by atoms with Crippen molar-refractivity contribution >= 4 is 11.6 Å². The van der Waals surface area contributed by atoms with Crippen LogP contribution in [-0.2, 0) is 0 Å². The van der Waals surface area contributed by atoms with Crippen LogP contribution in [0.2, 0.25) is 5.02 Å². The Labute approximate surface area is 124 Å². The van der Waals surface area contributed by atoms with Crippen molar-refractivity contribution in [3.8, 4) is 11.5 Å². The Hall–Kier alpha value is -1.58. The van der Waals surface area contributed by atoms with E-state index in [0.717, 1.165) is 18.7 Å². The summed E-state index contributed by atoms with van der Waals surface area (Å²) in [7, 11) is 0. The third-order valence-corrected chi connectivity index (χ3v) is 3.20. The maximum Gasteiger partial charge on any atom is 0.147 e. The normalized spacial score (nSPS) is 12.2. The van der Waals surface area contributed by atoms with Gasteiger partial charge in [-0.3, -0.25) is 4.98 Å². The smallest absolute Gasteiger partial charge is 0.147 e. The second-order valence-electron chi connectivity index (χ2n) is 4.69. The van der Waals surface area contributed by atoms with E-state index in [1.165, 1.54) is 5.56 Å². The lowest BCUT2D eigenvalue weighted by molar-refractivity contribution is 0.479. The number of aromatic nitrogens is 1. The van der Waals surface area contributed by atoms with Gasteiger partial charge in [0.2, 0.25) is 0 Å². The van der Waals surface area contributed by atoms with Crippen molar-refractivity contribution in [1.82, 2.24) is 10.3 Å². The van der Waals surface area contributed by atoms with Crippen LogP contribution in [0.5, 0.6) is 11.5 Å². The molecule has 0 bridgehead atoms. The summed E-state index contributed by atoms with van der Waals surface area (Å²) in [6, 6.07) is 10.1. The van der Waals surface area contributed by atoms with Gasteiger partial charge in [0.25, 0.3) is 0 Å². The monoisotopic (exact) mass is 290 g/mol. The third-order valence-electron chi connectivity index (χ3n) is 3.00. The third kappa shape index (κ3) is 4.22. The van der Waals surface area contributed by atoms with Crippen LogP contribution in [0, 0.1) is 0 Å². The fourth-order valence-electron chi connectivity index (χ4n) is 1.89. The summed E-state index contributed by atoms with van der Waals surface area (Å²) in [6.45, 7) is 5.34. The van der Waals surface area contributed by atoms with E-state index in [4.69, 9.17) is 16.3 Å². The molecule has 0 saturated carbocycles. The number of benzene rings is 1. The molecule has 0 aliphatic heterocycles. The summed E-state index contributed by atoms with van der Waals surface area (Å²) in [5.41, 5.74) is 1.25. The molecule has 1 unspecified atom stereocenters. The van der Waals surface area contributed by atoms with Gasteiger partial charge in [-0.2, -0.15) is 0 Å². The summed E-state index contributed by atoms with van der Waals surface area (Å²) in [6.07, 6.45) is 4.36. The lowest BCUT2D eigenvalue weighted by atomic mass is 10.1. The van der Waals surface area contributed by atoms with Crippen LogP contribution in [0.4, 0.5) is 0 Å². The lowest BCUT2D eigenvalue weighted by Crippen LogP contribution is -2.19. The predicted octanol–water partition coefficient (Wildman–Crippen LogP) is 4.59. The van der Waals surface area contributed by atoms with E-state index in [1.807, 2.05) is 12.1 Å². The number of hydrogen-bond donors (Lipinski definition) is 1. The minimum absolute atomic E-state index is 0.344. The van der Waals surface area contributed by atoms with Crippen molar-refractivity contribution in [3.05, 3.63) is 53.3 Å². The Morgan fingerprint density at radius 1 is 1.20 bits per heavy atom. The molecule has 1 atom stereocenters. The average molecular weight is 291 g/mol. The van der Waals surface area contributed by atoms with Gasteiger partial charge in [0.15, 0.2) is 0 Å². The molecule has 0 radical (unpaired) electrons. The Balaban J connectivity index is 2.01. The number of nitrogens with zero attached hydrogens (tertiary/aromatic N) is 1. The quantitative estimate of drug-likeness (QED) is 0.845. The molecule has 1 N–H and O–H groups in total. The van der Waals surface area contributed by atoms with Crippen LogP contribution in [0.25, 0.3) is 0 Å². The van der Waals surface area contributed by atoms with E-state index >= 15 is 0 Å². The molecule has 1 aromatic heterocycles. The number of hydrogen-bond acceptors (Lipinski definition) is 3. The average Bonchev–Trinajstić information content (AvgIpc) is 2.45. The van der Waals surface area contributed by atoms with Crippen LogP contribution < -0.4 is 10.1 Å². The lowest BCUT2D eigenvalue weighted by Gasteiger charge is -2.14. The van der Waals surface area contributed by atoms with Gasteiger partial charge in [0.1, 0.15) is 11.5 Å². The molecule has 0 aliphatic carbocycles. The number of ether oxygens (including phenoxy) is 1. The second kappa shape index (κ2) is 7.27. The van der Waals surface area contributed by atoms with Gasteiger partial charge in [-0.25, -0.2) is 0 Å². The number of nitrogens with one attached hydrogen (secondary N) is 1. The van der Waals surface area contributed by atoms with E-state index in [1.54, 1.807) is 18.5 Å². The molecule has 106 valence electrons. The topological polar surface area (TPSA) is 34.1 Å². The molecule has 0 fully saturated rings. The molecule has 0 amide bonds. The summed E-state index contributed by atoms with van der Waals surface area (Å²) < 4.78 is 5.71. The van der Waals surface area contributed by atoms with Gasteiger partial charge in [-0.15, -0.1) is 0 Å². The Morgan fingerprint density at radius 3 is 2.60 bits per heavy atom. The molecule has 4 heteroatoms. The molecule has 20 heavy (non-hydrogen) atoms. The Kier molecular flexibility index (Phi) is 5.39. The summed E-state index contributed by atoms with van der Waals surface area (Å²) >= 11 is 5.88. The summed E-state index contributed by atoms with van der Waals surface area (Å²) in [4.78, 5) is 3.99. The fraction of sp³-hybridized carbons (Fsp3) is 0.312. The van der Waals surface area contributed by atoms with Gasteiger partial charge >= 0.3 is 0 Å². The SMILES string of the molecule is CCCNC(C)c1ccc(Oc2cncc(Cl)c2)cc1. The molecule has 0 spiro atoms. The molecular weight excluding hydrogens is 272 g/mol. The molecule has 1 heterocycles. The first-order valence-electron chi connectivity index (χ1n) is 6.81. The van der Waals surface area contributed by atoms with E-state index < -0.39 is 0 Å². The van der Waals surface area contributed by atoms with Gasteiger partial charge in [-0.1, -0.05) is 30.7 Å². The highest BCUT2D eigenvalue weighted by Gasteiger charge is 2.05. The highest BCUT2D eigenvalue weighted by molar-refractivity contribution is 6.30. The van der Waals surface area contributed by atoms with E-state index in [9.17, 15) is 0 Å². The standard InChI is InChI=1S/C16H19ClN2O/c1-3-8-19-12(2)13-4-6-15(7-5-13)20-16-9-14(17)10-18-11-16/h4-7,9-12,19H,3,8H2,1-2H3. The van der Waals surface area contributed by atoms with Gasteiger partial charge < -0.3 is 10.1 Å². The minimum atomic E-state index is 0.344. The molecular formula is C16H19ClN2O. The highest BCUT2D eigenvalue weighted by atomic mass is 35.5. The molecule has 0 saturated heterocycles. The van der Waals surface area contributed by atoms with Gasteiger partial charge in [0, 0.05) is 18.3 Å². The molecule has 1 aromatic carbocycles. The highest BCUT2D eigenvalue weighted by Crippen LogP contribution is 2.24. The zero-order valence-electron chi connectivity index (χ0n) is 11.8. The molecule has 3 nitrogen and oxygen atoms in total. The van der Waals surface area contributed by atoms with Gasteiger partial charge in [-0.05, 0) is 37.6 Å². The van der Waals surface area contributed by atoms with Crippen LogP contribution in [-0.4, -0.2) is 11.5 Å². The zero-order chi connectivity index (χ0) is 14.4. The zero-order valence-corrected chi connectivity index (χ0v) is 12.5. The van der Waals surface area contributed by atoms with Crippen molar-refractivity contribution in [2.45, 2.75) is 26.3 Å². The second-order valence-corrected chi connectivity index (χ2v) is 5.12. The Morgan fingerprint density at radius 2 is 1.95 bits per heavy atom. The van der Waals surface area contributed by atoms with Crippen LogP contribution >= 0.6 is 11.6 Å². The molecule has 2 rings (SSSR count). The Bertz CT molecular complexity index is 542. The van der Waals surface area contributed by atoms with Crippen LogP contribution in [0.1, 0.15) is 31.9 Å². The predicted molar refractivity (Wildman–Crippen MR) is 82.5 cm³/mol. The maximum atomic E-state index is 5.88. The number of pyridine rings is 1. The first-order chi connectivity index (χ1) is 9.69. The van der Waals surface area contributed by atoms with Gasteiger partial charge in [0.05, 0.1) is 11.2 Å². The first kappa shape index (κ1) is 14.8. The molecule has 0 aliphatic rings. The summed E-state index contributed by atoms with van der Waals surface area (Å²) in [5, 5.41) is 4.02. The van der Waals surface area contributed by atoms with Crippen LogP contribution in [0.3, 0.4) is 0 Å². The van der Waals surface area contributed by atoms with Crippen molar-refractivity contribution in [2.24, 2.45) is 0 Å². The van der Waals surface area contributed by atoms with Crippen molar-refractivity contribution in [2.75, 3.05) is 6.54 Å². The molecule has 2 aromatic rings. The number of halogens is 1. The van der Waals surface area contributed by atoms with Crippen LogP contribution in [0.15, 0.2) is 42.7 Å². The fourth-order valence-corrected chi connectivity index (χ4v) is 2.05. The van der Waals surface area contributed by atoms with Crippen molar-refractivity contribution in [3.63, 3.8) is 0 Å². The van der Waals surface area contributed by atoms with E-state index in [0.29, 0.717) is 16.8 Å².